The topological polar surface area (TPSA) is 106 Å². The Morgan fingerprint density at radius 3 is 2.61 bits per heavy atom. The van der Waals surface area contributed by atoms with Crippen LogP contribution in [0.3, 0.4) is 0 Å². The minimum Gasteiger partial charge on any atom is -0.494 e. The van der Waals surface area contributed by atoms with Crippen LogP contribution in [0.2, 0.25) is 0 Å². The van der Waals surface area contributed by atoms with Crippen LogP contribution in [0.15, 0.2) is 42.7 Å². The third kappa shape index (κ3) is 4.54. The zero-order valence-corrected chi connectivity index (χ0v) is 19.5. The van der Waals surface area contributed by atoms with Crippen LogP contribution in [-0.2, 0) is 6.42 Å². The first-order valence-corrected chi connectivity index (χ1v) is 11.2. The summed E-state index contributed by atoms with van der Waals surface area (Å²) in [6, 6.07) is 8.43. The Hall–Kier alpha value is -3.85. The number of nitrogens with one attached hydrogen (secondary N) is 2. The summed E-state index contributed by atoms with van der Waals surface area (Å²) in [7, 11) is 1.50. The summed E-state index contributed by atoms with van der Waals surface area (Å²) >= 11 is 1.36. The summed E-state index contributed by atoms with van der Waals surface area (Å²) in [6.45, 7) is 5.85. The average Bonchev–Trinajstić information content (AvgIpc) is 3.17. The zero-order chi connectivity index (χ0) is 23.5. The second kappa shape index (κ2) is 9.33. The van der Waals surface area contributed by atoms with Gasteiger partial charge in [-0.15, -0.1) is 11.3 Å². The number of benzene rings is 1. The van der Waals surface area contributed by atoms with Crippen LogP contribution in [0, 0.1) is 13.8 Å². The molecule has 0 radical (unpaired) electrons. The molecule has 2 N–H and O–H groups in total. The fourth-order valence-electron chi connectivity index (χ4n) is 3.52. The molecule has 0 saturated carbocycles. The lowest BCUT2D eigenvalue weighted by Crippen LogP contribution is -2.14. The molecule has 8 nitrogen and oxygen atoms in total. The third-order valence-electron chi connectivity index (χ3n) is 5.17. The molecule has 9 heteroatoms. The molecule has 4 rings (SSSR count). The number of rotatable bonds is 6. The second-order valence-corrected chi connectivity index (χ2v) is 8.38. The molecule has 0 atom stereocenters. The van der Waals surface area contributed by atoms with Gasteiger partial charge in [-0.25, -0.2) is 9.97 Å². The van der Waals surface area contributed by atoms with Crippen molar-refractivity contribution < 1.29 is 14.3 Å². The lowest BCUT2D eigenvalue weighted by molar-refractivity contribution is 0.101. The van der Waals surface area contributed by atoms with Crippen LogP contribution in [0.1, 0.15) is 44.0 Å². The first kappa shape index (κ1) is 22.3. The molecule has 0 aliphatic rings. The highest BCUT2D eigenvalue weighted by Crippen LogP contribution is 2.33. The highest BCUT2D eigenvalue weighted by Gasteiger charge is 2.20. The lowest BCUT2D eigenvalue weighted by atomic mass is 10.1. The van der Waals surface area contributed by atoms with Gasteiger partial charge in [-0.3, -0.25) is 14.6 Å². The van der Waals surface area contributed by atoms with Crippen LogP contribution in [0.5, 0.6) is 5.75 Å². The van der Waals surface area contributed by atoms with E-state index in [4.69, 9.17) is 4.74 Å². The molecule has 0 unspecified atom stereocenters. The first-order valence-electron chi connectivity index (χ1n) is 10.4. The number of methoxy groups -OCH3 is 1. The molecule has 0 aliphatic heterocycles. The number of ether oxygens (including phenoxy) is 1. The number of carbonyl (C=O) groups excluding carboxylic acids is 2. The van der Waals surface area contributed by atoms with Crippen molar-refractivity contribution in [1.82, 2.24) is 15.0 Å². The van der Waals surface area contributed by atoms with E-state index in [1.807, 2.05) is 20.8 Å². The Bertz CT molecular complexity index is 1350. The standard InChI is InChI=1S/C24H23N5O3S/c1-5-19-26-14(3)20-13(2)21(33-24(20)29-19)23(31)27-16-8-9-17(18(11-16)32-4)28-22(30)15-7-6-10-25-12-15/h6-12H,5H2,1-4H3,(H,27,31)(H,28,30). The average molecular weight is 462 g/mol. The number of aromatic nitrogens is 3. The van der Waals surface area contributed by atoms with Crippen LogP contribution < -0.4 is 15.4 Å². The first-order chi connectivity index (χ1) is 15.9. The Labute approximate surface area is 195 Å². The minimum atomic E-state index is -0.304. The summed E-state index contributed by atoms with van der Waals surface area (Å²) in [6.07, 6.45) is 3.82. The predicted molar refractivity (Wildman–Crippen MR) is 129 cm³/mol. The quantitative estimate of drug-likeness (QED) is 0.428. The van der Waals surface area contributed by atoms with E-state index >= 15 is 0 Å². The van der Waals surface area contributed by atoms with E-state index in [-0.39, 0.29) is 11.8 Å². The Morgan fingerprint density at radius 2 is 1.91 bits per heavy atom. The van der Waals surface area contributed by atoms with E-state index in [1.54, 1.807) is 36.5 Å². The van der Waals surface area contributed by atoms with E-state index in [0.29, 0.717) is 27.6 Å². The number of hydrogen-bond donors (Lipinski definition) is 2. The van der Waals surface area contributed by atoms with Gasteiger partial charge in [-0.1, -0.05) is 6.92 Å². The van der Waals surface area contributed by atoms with E-state index in [0.717, 1.165) is 33.7 Å². The van der Waals surface area contributed by atoms with Crippen LogP contribution in [0.4, 0.5) is 11.4 Å². The number of aryl methyl sites for hydroxylation is 3. The van der Waals surface area contributed by atoms with Crippen LogP contribution in [-0.4, -0.2) is 33.9 Å². The summed E-state index contributed by atoms with van der Waals surface area (Å²) in [5.41, 5.74) is 3.20. The van der Waals surface area contributed by atoms with Crippen molar-refractivity contribution in [1.29, 1.82) is 0 Å². The molecule has 3 heterocycles. The summed E-state index contributed by atoms with van der Waals surface area (Å²) < 4.78 is 5.43. The van der Waals surface area contributed by atoms with Gasteiger partial charge < -0.3 is 15.4 Å². The number of thiophene rings is 1. The number of anilines is 2. The van der Waals surface area contributed by atoms with Gasteiger partial charge >= 0.3 is 0 Å². The largest absolute Gasteiger partial charge is 0.494 e. The number of amides is 2. The van der Waals surface area contributed by atoms with Gasteiger partial charge in [0.05, 0.1) is 23.2 Å². The Kier molecular flexibility index (Phi) is 6.32. The highest BCUT2D eigenvalue weighted by atomic mass is 32.1. The van der Waals surface area contributed by atoms with Gasteiger partial charge in [-0.2, -0.15) is 0 Å². The van der Waals surface area contributed by atoms with Gasteiger partial charge in [0.15, 0.2) is 0 Å². The molecule has 0 aliphatic carbocycles. The minimum absolute atomic E-state index is 0.234. The van der Waals surface area contributed by atoms with E-state index in [9.17, 15) is 9.59 Å². The maximum atomic E-state index is 13.1. The summed E-state index contributed by atoms with van der Waals surface area (Å²) in [5.74, 6) is 0.651. The molecule has 0 bridgehead atoms. The number of nitrogens with zero attached hydrogens (tertiary/aromatic N) is 3. The van der Waals surface area contributed by atoms with Crippen molar-refractivity contribution >= 4 is 44.7 Å². The van der Waals surface area contributed by atoms with E-state index in [2.05, 4.69) is 25.6 Å². The SMILES string of the molecule is CCc1nc(C)c2c(C)c(C(=O)Nc3ccc(NC(=O)c4cccnc4)c(OC)c3)sc2n1. The normalized spacial score (nSPS) is 10.8. The molecule has 0 spiro atoms. The number of pyridine rings is 1. The molecule has 1 aromatic carbocycles. The van der Waals surface area contributed by atoms with Gasteiger partial charge in [0.25, 0.3) is 11.8 Å². The van der Waals surface area contributed by atoms with Gasteiger partial charge in [-0.05, 0) is 43.7 Å². The maximum Gasteiger partial charge on any atom is 0.266 e. The van der Waals surface area contributed by atoms with Crippen molar-refractivity contribution in [2.45, 2.75) is 27.2 Å². The Balaban J connectivity index is 1.57. The number of fused-ring (bicyclic) bond motifs is 1. The molecule has 0 saturated heterocycles. The van der Waals surface area contributed by atoms with E-state index in [1.165, 1.54) is 24.6 Å². The van der Waals surface area contributed by atoms with Crippen molar-refractivity contribution in [3.63, 3.8) is 0 Å². The Morgan fingerprint density at radius 1 is 1.09 bits per heavy atom. The smallest absolute Gasteiger partial charge is 0.266 e. The molecule has 2 amide bonds. The monoisotopic (exact) mass is 461 g/mol. The van der Waals surface area contributed by atoms with Crippen molar-refractivity contribution in [2.75, 3.05) is 17.7 Å². The second-order valence-electron chi connectivity index (χ2n) is 7.38. The van der Waals surface area contributed by atoms with E-state index < -0.39 is 0 Å². The maximum absolute atomic E-state index is 13.1. The van der Waals surface area contributed by atoms with Crippen molar-refractivity contribution in [3.8, 4) is 5.75 Å². The van der Waals surface area contributed by atoms with Crippen molar-refractivity contribution in [3.05, 3.63) is 70.2 Å². The molecule has 0 fully saturated rings. The summed E-state index contributed by atoms with van der Waals surface area (Å²) in [4.78, 5) is 40.0. The molecule has 33 heavy (non-hydrogen) atoms. The third-order valence-corrected chi connectivity index (χ3v) is 6.36. The molecule has 168 valence electrons. The highest BCUT2D eigenvalue weighted by molar-refractivity contribution is 7.20. The number of carbonyl (C=O) groups is 2. The molecule has 3 aromatic heterocycles. The molecular formula is C24H23N5O3S. The number of hydrogen-bond acceptors (Lipinski definition) is 7. The van der Waals surface area contributed by atoms with Gasteiger partial charge in [0, 0.05) is 41.6 Å². The van der Waals surface area contributed by atoms with Crippen LogP contribution >= 0.6 is 11.3 Å². The lowest BCUT2D eigenvalue weighted by Gasteiger charge is -2.12. The fraction of sp³-hybridized carbons (Fsp3) is 0.208. The zero-order valence-electron chi connectivity index (χ0n) is 18.7. The summed E-state index contributed by atoms with van der Waals surface area (Å²) in [5, 5.41) is 6.64. The fourth-order valence-corrected chi connectivity index (χ4v) is 4.67. The van der Waals surface area contributed by atoms with Gasteiger partial charge in [0.2, 0.25) is 0 Å². The molecule has 4 aromatic rings. The van der Waals surface area contributed by atoms with Crippen molar-refractivity contribution in [2.24, 2.45) is 0 Å². The van der Waals surface area contributed by atoms with Crippen LogP contribution in [0.25, 0.3) is 10.2 Å². The molecular weight excluding hydrogens is 438 g/mol. The predicted octanol–water partition coefficient (Wildman–Crippen LogP) is 4.78. The van der Waals surface area contributed by atoms with Gasteiger partial charge in [0.1, 0.15) is 16.4 Å².